The number of nitrogens with one attached hydrogen (secondary N) is 3. The van der Waals surface area contributed by atoms with E-state index >= 15 is 0 Å². The smallest absolute Gasteiger partial charge is 0.321 e. The second-order valence-electron chi connectivity index (χ2n) is 7.94. The van der Waals surface area contributed by atoms with Crippen molar-refractivity contribution in [1.29, 1.82) is 0 Å². The summed E-state index contributed by atoms with van der Waals surface area (Å²) in [6.45, 7) is 7.86. The van der Waals surface area contributed by atoms with Crippen LogP contribution in [-0.2, 0) is 19.4 Å². The first-order valence-electron chi connectivity index (χ1n) is 11.5. The highest BCUT2D eigenvalue weighted by Gasteiger charge is 2.15. The van der Waals surface area contributed by atoms with E-state index in [1.54, 1.807) is 18.7 Å². The molecule has 4 aromatic heterocycles. The largest absolute Gasteiger partial charge is 0.446 e. The molecule has 4 rings (SSSR count). The van der Waals surface area contributed by atoms with Crippen molar-refractivity contribution in [2.45, 2.75) is 46.6 Å². The maximum Gasteiger partial charge on any atom is 0.321 e. The van der Waals surface area contributed by atoms with Crippen molar-refractivity contribution in [3.8, 4) is 10.6 Å². The van der Waals surface area contributed by atoms with Gasteiger partial charge in [0.1, 0.15) is 5.76 Å². The number of nitrogens with zero attached hydrogens (tertiary/aromatic N) is 6. The molecule has 0 aliphatic rings. The molecule has 0 bridgehead atoms. The van der Waals surface area contributed by atoms with Crippen LogP contribution in [0.25, 0.3) is 10.6 Å². The maximum atomic E-state index is 12.3. The van der Waals surface area contributed by atoms with Gasteiger partial charge in [-0.1, -0.05) is 18.3 Å². The van der Waals surface area contributed by atoms with Gasteiger partial charge >= 0.3 is 6.03 Å². The van der Waals surface area contributed by atoms with Crippen molar-refractivity contribution in [2.24, 2.45) is 0 Å². The Morgan fingerprint density at radius 1 is 1.20 bits per heavy atom. The number of hydrogen-bond donors (Lipinski definition) is 3. The Bertz CT molecular complexity index is 1250. The zero-order valence-corrected chi connectivity index (χ0v) is 20.9. The standard InChI is InChI=1S/C23H29N9O2S/c1-4-17-13-27-19(34-17)6-8-26-22(33)31-23-29-16(3)20(35-23)18-12-15(2)28-21(30-18)25-7-5-10-32-11-9-24-14-32/h9,11-14H,4-8,10H2,1-3H3,(H,25,28,30)(H2,26,29,31,33). The SMILES string of the molecule is CCc1cnc(CCNC(=O)Nc2nc(C)c(-c3cc(C)nc(NCCCn4ccnc4)n3)s2)o1. The third-order valence-electron chi connectivity index (χ3n) is 5.11. The molecule has 0 saturated carbocycles. The van der Waals surface area contributed by atoms with Crippen molar-refractivity contribution in [1.82, 2.24) is 34.8 Å². The maximum absolute atomic E-state index is 12.3. The second kappa shape index (κ2) is 11.6. The molecule has 3 N–H and O–H groups in total. The van der Waals surface area contributed by atoms with Crippen LogP contribution in [0.1, 0.15) is 36.4 Å². The van der Waals surface area contributed by atoms with E-state index < -0.39 is 0 Å². The number of thiazole rings is 1. The number of oxazole rings is 1. The number of amides is 2. The van der Waals surface area contributed by atoms with Gasteiger partial charge in [-0.15, -0.1) is 0 Å². The molecule has 2 amide bonds. The van der Waals surface area contributed by atoms with Gasteiger partial charge in [0.05, 0.1) is 28.8 Å². The van der Waals surface area contributed by atoms with Crippen molar-refractivity contribution >= 4 is 28.4 Å². The zero-order chi connectivity index (χ0) is 24.6. The lowest BCUT2D eigenvalue weighted by Gasteiger charge is -2.08. The molecular weight excluding hydrogens is 466 g/mol. The van der Waals surface area contributed by atoms with E-state index in [4.69, 9.17) is 4.42 Å². The Balaban J connectivity index is 1.31. The molecular formula is C23H29N9O2S. The normalized spacial score (nSPS) is 10.9. The van der Waals surface area contributed by atoms with Crippen LogP contribution >= 0.6 is 11.3 Å². The van der Waals surface area contributed by atoms with Crippen molar-refractivity contribution in [2.75, 3.05) is 23.7 Å². The van der Waals surface area contributed by atoms with Crippen LogP contribution in [0, 0.1) is 13.8 Å². The highest BCUT2D eigenvalue weighted by atomic mass is 32.1. The number of urea groups is 1. The van der Waals surface area contributed by atoms with E-state index in [9.17, 15) is 4.79 Å². The molecule has 0 unspecified atom stereocenters. The number of imidazole rings is 1. The van der Waals surface area contributed by atoms with Gasteiger partial charge in [-0.05, 0) is 26.3 Å². The van der Waals surface area contributed by atoms with Crippen LogP contribution in [-0.4, -0.2) is 48.6 Å². The number of aromatic nitrogens is 6. The molecule has 12 heteroatoms. The van der Waals surface area contributed by atoms with Crippen molar-refractivity contribution < 1.29 is 9.21 Å². The fraction of sp³-hybridized carbons (Fsp3) is 0.391. The summed E-state index contributed by atoms with van der Waals surface area (Å²) >= 11 is 1.38. The zero-order valence-electron chi connectivity index (χ0n) is 20.0. The quantitative estimate of drug-likeness (QED) is 0.267. The molecule has 0 spiro atoms. The molecule has 0 fully saturated rings. The highest BCUT2D eigenvalue weighted by molar-refractivity contribution is 7.19. The second-order valence-corrected chi connectivity index (χ2v) is 8.94. The number of carbonyl (C=O) groups excluding carboxylic acids is 1. The summed E-state index contributed by atoms with van der Waals surface area (Å²) in [5.41, 5.74) is 2.42. The lowest BCUT2D eigenvalue weighted by Crippen LogP contribution is -2.30. The van der Waals surface area contributed by atoms with E-state index in [2.05, 4.69) is 40.9 Å². The van der Waals surface area contributed by atoms with E-state index in [0.29, 0.717) is 29.9 Å². The molecule has 0 aliphatic heterocycles. The Morgan fingerprint density at radius 3 is 2.86 bits per heavy atom. The lowest BCUT2D eigenvalue weighted by atomic mass is 10.2. The minimum atomic E-state index is -0.327. The van der Waals surface area contributed by atoms with Crippen LogP contribution < -0.4 is 16.0 Å². The first-order valence-corrected chi connectivity index (χ1v) is 12.3. The average Bonchev–Trinajstić information content (AvgIpc) is 3.58. The average molecular weight is 496 g/mol. The van der Waals surface area contributed by atoms with Gasteiger partial charge in [0.15, 0.2) is 11.0 Å². The van der Waals surface area contributed by atoms with Gasteiger partial charge < -0.3 is 19.6 Å². The number of aryl methyl sites for hydroxylation is 4. The summed E-state index contributed by atoms with van der Waals surface area (Å²) < 4.78 is 7.59. The van der Waals surface area contributed by atoms with Crippen LogP contribution in [0.4, 0.5) is 15.9 Å². The topological polar surface area (TPSA) is 136 Å². The molecule has 4 heterocycles. The molecule has 0 atom stereocenters. The van der Waals surface area contributed by atoms with Gasteiger partial charge in [-0.25, -0.2) is 29.7 Å². The summed E-state index contributed by atoms with van der Waals surface area (Å²) in [5.74, 6) is 2.02. The molecule has 0 radical (unpaired) electrons. The summed E-state index contributed by atoms with van der Waals surface area (Å²) in [6.07, 6.45) is 9.47. The third-order valence-corrected chi connectivity index (χ3v) is 6.21. The number of anilines is 2. The van der Waals surface area contributed by atoms with Crippen molar-refractivity contribution in [3.05, 3.63) is 54.0 Å². The fourth-order valence-corrected chi connectivity index (χ4v) is 4.31. The summed E-state index contributed by atoms with van der Waals surface area (Å²) in [7, 11) is 0. The number of hydrogen-bond acceptors (Lipinski definition) is 9. The first kappa shape index (κ1) is 24.3. The Hall–Kier alpha value is -3.80. The number of rotatable bonds is 11. The van der Waals surface area contributed by atoms with Gasteiger partial charge in [-0.2, -0.15) is 0 Å². The highest BCUT2D eigenvalue weighted by Crippen LogP contribution is 2.32. The molecule has 4 aromatic rings. The van der Waals surface area contributed by atoms with Crippen LogP contribution in [0.3, 0.4) is 0 Å². The molecule has 0 aliphatic carbocycles. The molecule has 0 saturated heterocycles. The summed E-state index contributed by atoms with van der Waals surface area (Å²) in [5, 5.41) is 9.41. The van der Waals surface area contributed by atoms with E-state index in [1.165, 1.54) is 11.3 Å². The molecule has 0 aromatic carbocycles. The predicted octanol–water partition coefficient (Wildman–Crippen LogP) is 3.83. The van der Waals surface area contributed by atoms with Crippen LogP contribution in [0.15, 0.2) is 35.4 Å². The minimum absolute atomic E-state index is 0.327. The van der Waals surface area contributed by atoms with E-state index in [-0.39, 0.29) is 6.03 Å². The van der Waals surface area contributed by atoms with Gasteiger partial charge in [0.25, 0.3) is 0 Å². The Kier molecular flexibility index (Phi) is 8.03. The van der Waals surface area contributed by atoms with E-state index in [0.717, 1.165) is 53.7 Å². The van der Waals surface area contributed by atoms with Gasteiger partial charge in [0.2, 0.25) is 5.95 Å². The molecule has 184 valence electrons. The van der Waals surface area contributed by atoms with Crippen LogP contribution in [0.2, 0.25) is 0 Å². The fourth-order valence-electron chi connectivity index (χ4n) is 3.38. The summed E-state index contributed by atoms with van der Waals surface area (Å²) in [6, 6.07) is 1.59. The first-order chi connectivity index (χ1) is 17.0. The van der Waals surface area contributed by atoms with Gasteiger partial charge in [-0.3, -0.25) is 5.32 Å². The Labute approximate surface area is 207 Å². The van der Waals surface area contributed by atoms with Gasteiger partial charge in [0, 0.05) is 50.6 Å². The van der Waals surface area contributed by atoms with Crippen molar-refractivity contribution in [3.63, 3.8) is 0 Å². The van der Waals surface area contributed by atoms with E-state index in [1.807, 2.05) is 37.6 Å². The minimum Gasteiger partial charge on any atom is -0.446 e. The number of carbonyl (C=O) groups is 1. The molecule has 35 heavy (non-hydrogen) atoms. The lowest BCUT2D eigenvalue weighted by molar-refractivity contribution is 0.252. The predicted molar refractivity (Wildman–Crippen MR) is 135 cm³/mol. The van der Waals surface area contributed by atoms with Crippen LogP contribution in [0.5, 0.6) is 0 Å². The molecule has 11 nitrogen and oxygen atoms in total. The summed E-state index contributed by atoms with van der Waals surface area (Å²) in [4.78, 5) is 35.1. The monoisotopic (exact) mass is 495 g/mol. The third kappa shape index (κ3) is 6.85. The Morgan fingerprint density at radius 2 is 2.09 bits per heavy atom.